The number of aliphatic hydroxyl groups is 1. The highest BCUT2D eigenvalue weighted by Crippen LogP contribution is 2.59. The van der Waals surface area contributed by atoms with Gasteiger partial charge in [-0.3, -0.25) is 13.5 Å². The number of imidazole rings is 1. The highest BCUT2D eigenvalue weighted by molar-refractivity contribution is 7.63. The number of anilines is 1. The largest absolute Gasteiger partial charge is 0.479 e. The fraction of sp³-hybridized carbons (Fsp3) is 0.828. The number of phosphoric ester groups is 1. The number of aliphatic hydroxyl groups excluding tert-OH is 1. The van der Waals surface area contributed by atoms with Crippen molar-refractivity contribution >= 4 is 32.4 Å². The Bertz CT molecular complexity index is 1180. The normalized spacial score (nSPS) is 15.2. The molecule has 0 aliphatic heterocycles. The number of nitrogens with zero attached hydrogens (tertiary/aromatic N) is 4. The van der Waals surface area contributed by atoms with Crippen LogP contribution < -0.4 is 5.73 Å². The van der Waals surface area contributed by atoms with Crippen molar-refractivity contribution in [1.29, 1.82) is 0 Å². The molecule has 14 nitrogen and oxygen atoms in total. The SMILES string of the molecule is Nc1ncnc2c1ncn2C[C@@H](CO)OCP(=O)(O)OP(=O)(O)OCCOCCCCCCCCCCCCCCCCCCF. The van der Waals surface area contributed by atoms with Crippen molar-refractivity contribution in [2.24, 2.45) is 0 Å². The van der Waals surface area contributed by atoms with Gasteiger partial charge in [-0.05, 0) is 12.8 Å². The van der Waals surface area contributed by atoms with Gasteiger partial charge >= 0.3 is 15.4 Å². The van der Waals surface area contributed by atoms with E-state index in [-0.39, 0.29) is 32.3 Å². The predicted molar refractivity (Wildman–Crippen MR) is 174 cm³/mol. The zero-order chi connectivity index (χ0) is 33.5. The van der Waals surface area contributed by atoms with E-state index in [0.29, 0.717) is 24.2 Å². The first-order valence-corrected chi connectivity index (χ1v) is 19.7. The van der Waals surface area contributed by atoms with Crippen molar-refractivity contribution in [2.75, 3.05) is 45.2 Å². The van der Waals surface area contributed by atoms with Crippen LogP contribution in [0.25, 0.3) is 11.2 Å². The molecule has 0 radical (unpaired) electrons. The van der Waals surface area contributed by atoms with E-state index in [4.69, 9.17) is 19.7 Å². The first-order chi connectivity index (χ1) is 22.2. The number of hydrogen-bond acceptors (Lipinski definition) is 11. The Morgan fingerprint density at radius 2 is 1.37 bits per heavy atom. The molecule has 46 heavy (non-hydrogen) atoms. The van der Waals surface area contributed by atoms with Crippen molar-refractivity contribution < 1.29 is 46.7 Å². The Labute approximate surface area is 271 Å². The minimum atomic E-state index is -4.86. The highest BCUT2D eigenvalue weighted by Gasteiger charge is 2.34. The van der Waals surface area contributed by atoms with E-state index < -0.39 is 34.5 Å². The number of unbranched alkanes of at least 4 members (excludes halogenated alkanes) is 15. The van der Waals surface area contributed by atoms with Gasteiger partial charge in [-0.25, -0.2) is 23.8 Å². The predicted octanol–water partition coefficient (Wildman–Crippen LogP) is 6.29. The lowest BCUT2D eigenvalue weighted by molar-refractivity contribution is 0.0196. The second kappa shape index (κ2) is 23.7. The summed E-state index contributed by atoms with van der Waals surface area (Å²) in [4.78, 5) is 31.9. The first-order valence-electron chi connectivity index (χ1n) is 16.5. The average Bonchev–Trinajstić information content (AvgIpc) is 3.43. The lowest BCUT2D eigenvalue weighted by Gasteiger charge is -2.20. The summed E-state index contributed by atoms with van der Waals surface area (Å²) in [5.74, 6) is 0.173. The number of nitrogens with two attached hydrogens (primary N) is 1. The molecule has 266 valence electrons. The highest BCUT2D eigenvalue weighted by atomic mass is 31.3. The zero-order valence-electron chi connectivity index (χ0n) is 26.9. The third-order valence-corrected chi connectivity index (χ3v) is 10.2. The van der Waals surface area contributed by atoms with Crippen molar-refractivity contribution in [3.05, 3.63) is 12.7 Å². The summed E-state index contributed by atoms with van der Waals surface area (Å²) >= 11 is 0. The van der Waals surface area contributed by atoms with Crippen LogP contribution in [0.4, 0.5) is 10.2 Å². The third-order valence-electron chi connectivity index (χ3n) is 7.39. The van der Waals surface area contributed by atoms with Gasteiger partial charge in [-0.2, -0.15) is 0 Å². The fourth-order valence-electron chi connectivity index (χ4n) is 4.91. The van der Waals surface area contributed by atoms with Gasteiger partial charge in [0.1, 0.15) is 18.2 Å². The number of ether oxygens (including phenoxy) is 2. The van der Waals surface area contributed by atoms with Crippen LogP contribution in [-0.2, 0) is 34.0 Å². The van der Waals surface area contributed by atoms with Crippen LogP contribution in [0.2, 0.25) is 0 Å². The fourth-order valence-corrected chi connectivity index (χ4v) is 7.28. The van der Waals surface area contributed by atoms with Crippen molar-refractivity contribution in [1.82, 2.24) is 19.5 Å². The molecule has 2 rings (SSSR count). The van der Waals surface area contributed by atoms with Crippen molar-refractivity contribution in [3.8, 4) is 0 Å². The number of halogens is 1. The summed E-state index contributed by atoms with van der Waals surface area (Å²) in [5, 5.41) is 9.64. The molecule has 17 heteroatoms. The molecule has 0 spiro atoms. The minimum Gasteiger partial charge on any atom is -0.394 e. The standard InChI is InChI=1S/C29H54FN5O9P2/c30-17-15-13-11-9-7-5-3-1-2-4-6-8-10-12-14-16-18-41-19-20-43-46(39,40)44-45(37,38)25-42-26(22-36)21-35-24-34-27-28(31)32-23-33-29(27)35/h23-24,26,36H,1-22,25H2,(H,37,38)(H,39,40)(H2,31,32,33)/t26-/m0/s1. The van der Waals surface area contributed by atoms with Crippen LogP contribution in [-0.4, -0.2) is 80.0 Å². The van der Waals surface area contributed by atoms with Crippen LogP contribution in [0.15, 0.2) is 12.7 Å². The molecule has 0 aromatic carbocycles. The van der Waals surface area contributed by atoms with Gasteiger partial charge in [0, 0.05) is 6.61 Å². The van der Waals surface area contributed by atoms with Gasteiger partial charge in [0.05, 0.1) is 45.5 Å². The lowest BCUT2D eigenvalue weighted by Crippen LogP contribution is -2.24. The van der Waals surface area contributed by atoms with Crippen molar-refractivity contribution in [2.45, 2.75) is 115 Å². The molecular weight excluding hydrogens is 643 g/mol. The van der Waals surface area contributed by atoms with E-state index >= 15 is 0 Å². The Hall–Kier alpha value is -1.54. The smallest absolute Gasteiger partial charge is 0.394 e. The molecule has 0 amide bonds. The maximum Gasteiger partial charge on any atom is 0.479 e. The number of hydrogen-bond donors (Lipinski definition) is 4. The molecule has 0 fully saturated rings. The molecule has 2 aromatic heterocycles. The van der Waals surface area contributed by atoms with E-state index in [9.17, 15) is 28.4 Å². The minimum absolute atomic E-state index is 0.000792. The number of fused-ring (bicyclic) bond motifs is 1. The Balaban J connectivity index is 1.44. The van der Waals surface area contributed by atoms with E-state index in [1.165, 1.54) is 81.4 Å². The van der Waals surface area contributed by atoms with Gasteiger partial charge in [-0.15, -0.1) is 0 Å². The van der Waals surface area contributed by atoms with Gasteiger partial charge in [0.25, 0.3) is 0 Å². The number of phosphoric acid groups is 1. The Morgan fingerprint density at radius 3 is 1.93 bits per heavy atom. The average molecular weight is 698 g/mol. The molecule has 2 unspecified atom stereocenters. The van der Waals surface area contributed by atoms with Gasteiger partial charge in [-0.1, -0.05) is 89.9 Å². The number of nitrogen functional groups attached to an aromatic ring is 1. The molecule has 2 heterocycles. The zero-order valence-corrected chi connectivity index (χ0v) is 28.7. The molecular formula is C29H54FN5O9P2. The maximum atomic E-state index is 12.3. The third kappa shape index (κ3) is 18.1. The van der Waals surface area contributed by atoms with E-state index in [1.54, 1.807) is 0 Å². The Kier molecular flexibility index (Phi) is 21.0. The van der Waals surface area contributed by atoms with Crippen LogP contribution in [0.5, 0.6) is 0 Å². The van der Waals surface area contributed by atoms with E-state index in [0.717, 1.165) is 32.1 Å². The number of alkyl halides is 1. The molecule has 3 atom stereocenters. The second-order valence-corrected chi connectivity index (χ2v) is 14.8. The van der Waals surface area contributed by atoms with Crippen LogP contribution >= 0.6 is 15.4 Å². The second-order valence-electron chi connectivity index (χ2n) is 11.4. The summed E-state index contributed by atoms with van der Waals surface area (Å²) in [6, 6.07) is 0. The molecule has 0 aliphatic rings. The van der Waals surface area contributed by atoms with Crippen molar-refractivity contribution in [3.63, 3.8) is 0 Å². The van der Waals surface area contributed by atoms with E-state index in [1.807, 2.05) is 0 Å². The van der Waals surface area contributed by atoms with E-state index in [2.05, 4.69) is 19.3 Å². The summed E-state index contributed by atoms with van der Waals surface area (Å²) in [5.41, 5.74) is 6.49. The summed E-state index contributed by atoms with van der Waals surface area (Å²) < 4.78 is 58.0. The summed E-state index contributed by atoms with van der Waals surface area (Å²) in [7, 11) is -9.58. The van der Waals surface area contributed by atoms with Gasteiger partial charge in [0.2, 0.25) is 0 Å². The Morgan fingerprint density at radius 1 is 0.804 bits per heavy atom. The monoisotopic (exact) mass is 697 g/mol. The molecule has 5 N–H and O–H groups in total. The molecule has 2 aromatic rings. The van der Waals surface area contributed by atoms with Gasteiger partial charge < -0.3 is 34.7 Å². The quantitative estimate of drug-likeness (QED) is 0.0525. The topological polar surface area (TPSA) is 201 Å². The number of rotatable bonds is 30. The van der Waals surface area contributed by atoms with Crippen LogP contribution in [0.1, 0.15) is 103 Å². The molecule has 0 aliphatic carbocycles. The summed E-state index contributed by atoms with van der Waals surface area (Å²) in [6.45, 7) is -0.504. The maximum absolute atomic E-state index is 12.3. The molecule has 0 saturated heterocycles. The summed E-state index contributed by atoms with van der Waals surface area (Å²) in [6.07, 6.45) is 19.4. The first kappa shape index (κ1) is 40.6. The molecule has 0 saturated carbocycles. The van der Waals surface area contributed by atoms with Crippen LogP contribution in [0, 0.1) is 0 Å². The number of aromatic nitrogens is 4. The van der Waals surface area contributed by atoms with Gasteiger partial charge in [0.15, 0.2) is 11.5 Å². The molecule has 0 bridgehead atoms. The van der Waals surface area contributed by atoms with Crippen LogP contribution in [0.3, 0.4) is 0 Å². The lowest BCUT2D eigenvalue weighted by atomic mass is 10.0.